The van der Waals surface area contributed by atoms with Crippen LogP contribution < -0.4 is 11.1 Å². The van der Waals surface area contributed by atoms with Gasteiger partial charge in [-0.2, -0.15) is 5.10 Å². The van der Waals surface area contributed by atoms with Crippen LogP contribution in [0.15, 0.2) is 103 Å². The van der Waals surface area contributed by atoms with E-state index in [4.69, 9.17) is 10.8 Å². The van der Waals surface area contributed by atoms with Crippen molar-refractivity contribution >= 4 is 11.8 Å². The molecule has 0 spiro atoms. The fourth-order valence-electron chi connectivity index (χ4n) is 4.62. The summed E-state index contributed by atoms with van der Waals surface area (Å²) in [5.74, 6) is -1.000. The predicted octanol–water partition coefficient (Wildman–Crippen LogP) is 5.43. The number of nitrogens with zero attached hydrogens (tertiary/aromatic N) is 3. The highest BCUT2D eigenvalue weighted by molar-refractivity contribution is 6.06. The lowest BCUT2D eigenvalue weighted by atomic mass is 9.87. The maximum Gasteiger partial charge on any atom is 0.257 e. The van der Waals surface area contributed by atoms with Crippen LogP contribution in [0, 0.1) is 0 Å². The number of phenolic OH excluding ortho intramolecular Hbond substituents is 1. The molecule has 8 nitrogen and oxygen atoms in total. The molecule has 0 aliphatic rings. The maximum atomic E-state index is 13.1. The van der Waals surface area contributed by atoms with Gasteiger partial charge in [0.15, 0.2) is 0 Å². The van der Waals surface area contributed by atoms with Gasteiger partial charge in [-0.3, -0.25) is 19.9 Å². The molecular formula is C34H33N5O3. The van der Waals surface area contributed by atoms with E-state index in [1.165, 1.54) is 17.7 Å². The van der Waals surface area contributed by atoms with Gasteiger partial charge < -0.3 is 10.8 Å². The first-order valence-electron chi connectivity index (χ1n) is 13.7. The van der Waals surface area contributed by atoms with Crippen molar-refractivity contribution in [2.45, 2.75) is 38.6 Å². The summed E-state index contributed by atoms with van der Waals surface area (Å²) in [5, 5.41) is 16.8. The molecule has 0 saturated carbocycles. The Labute approximate surface area is 244 Å². The van der Waals surface area contributed by atoms with Gasteiger partial charge >= 0.3 is 0 Å². The maximum absolute atomic E-state index is 13.1. The number of carbonyl (C=O) groups is 2. The number of hydrogen-bond donors (Lipinski definition) is 3. The molecule has 5 rings (SSSR count). The number of pyridine rings is 1. The van der Waals surface area contributed by atoms with Gasteiger partial charge in [-0.25, -0.2) is 4.68 Å². The van der Waals surface area contributed by atoms with Gasteiger partial charge in [0.2, 0.25) is 5.91 Å². The van der Waals surface area contributed by atoms with E-state index in [1.54, 1.807) is 42.7 Å². The molecule has 3 aromatic carbocycles. The lowest BCUT2D eigenvalue weighted by Gasteiger charge is -2.19. The van der Waals surface area contributed by atoms with Crippen molar-refractivity contribution in [1.82, 2.24) is 20.1 Å². The van der Waals surface area contributed by atoms with E-state index in [0.717, 1.165) is 33.8 Å². The normalized spacial score (nSPS) is 12.1. The summed E-state index contributed by atoms with van der Waals surface area (Å²) in [6.07, 6.45) is 3.70. The molecule has 0 aliphatic heterocycles. The van der Waals surface area contributed by atoms with Crippen LogP contribution in [0.5, 0.6) is 5.75 Å². The largest absolute Gasteiger partial charge is 0.508 e. The average molecular weight is 560 g/mol. The summed E-state index contributed by atoms with van der Waals surface area (Å²) in [6.45, 7) is 6.51. The molecule has 42 heavy (non-hydrogen) atoms. The molecule has 8 heteroatoms. The fraction of sp³-hybridized carbons (Fsp3) is 0.176. The van der Waals surface area contributed by atoms with Crippen molar-refractivity contribution in [3.63, 3.8) is 0 Å². The molecule has 0 aliphatic carbocycles. The molecule has 2 heterocycles. The Morgan fingerprint density at radius 3 is 2.31 bits per heavy atom. The van der Waals surface area contributed by atoms with Crippen molar-refractivity contribution in [3.05, 3.63) is 120 Å². The number of carbonyl (C=O) groups excluding carboxylic acids is 2. The van der Waals surface area contributed by atoms with E-state index >= 15 is 0 Å². The zero-order valence-electron chi connectivity index (χ0n) is 23.8. The highest BCUT2D eigenvalue weighted by Crippen LogP contribution is 2.30. The second-order valence-electron chi connectivity index (χ2n) is 11.2. The second-order valence-corrected chi connectivity index (χ2v) is 11.2. The SMILES string of the molecule is CC(C)(C)c1ccc(-n2nc(-c3cccnc3)cc2-c2cccc(C(=O)NC(=O)[C@@H](N)Cc3ccc(O)cc3)c2)cc1. The molecule has 2 aromatic heterocycles. The Hall–Kier alpha value is -5.08. The molecular weight excluding hydrogens is 526 g/mol. The van der Waals surface area contributed by atoms with E-state index in [9.17, 15) is 14.7 Å². The third kappa shape index (κ3) is 6.45. The summed E-state index contributed by atoms with van der Waals surface area (Å²) in [5.41, 5.74) is 12.4. The van der Waals surface area contributed by atoms with Crippen molar-refractivity contribution in [2.75, 3.05) is 0 Å². The van der Waals surface area contributed by atoms with Crippen molar-refractivity contribution in [1.29, 1.82) is 0 Å². The summed E-state index contributed by atoms with van der Waals surface area (Å²) < 4.78 is 1.85. The van der Waals surface area contributed by atoms with Gasteiger partial charge in [0.05, 0.1) is 23.1 Å². The Balaban J connectivity index is 1.43. The van der Waals surface area contributed by atoms with E-state index in [1.807, 2.05) is 41.1 Å². The van der Waals surface area contributed by atoms with E-state index < -0.39 is 17.9 Å². The number of benzene rings is 3. The zero-order valence-corrected chi connectivity index (χ0v) is 23.8. The molecule has 0 bridgehead atoms. The average Bonchev–Trinajstić information content (AvgIpc) is 3.44. The van der Waals surface area contributed by atoms with E-state index in [2.05, 4.69) is 43.2 Å². The first-order chi connectivity index (χ1) is 20.1. The van der Waals surface area contributed by atoms with E-state index in [0.29, 0.717) is 5.56 Å². The highest BCUT2D eigenvalue weighted by atomic mass is 16.3. The molecule has 0 radical (unpaired) electrons. The van der Waals surface area contributed by atoms with Crippen LogP contribution in [-0.4, -0.2) is 37.7 Å². The second kappa shape index (κ2) is 11.8. The van der Waals surface area contributed by atoms with Gasteiger partial charge in [0.1, 0.15) is 5.75 Å². The number of nitrogens with two attached hydrogens (primary N) is 1. The number of rotatable bonds is 7. The lowest BCUT2D eigenvalue weighted by molar-refractivity contribution is -0.121. The van der Waals surface area contributed by atoms with Crippen LogP contribution in [0.1, 0.15) is 42.3 Å². The molecule has 212 valence electrons. The van der Waals surface area contributed by atoms with Crippen LogP contribution in [0.2, 0.25) is 0 Å². The molecule has 5 aromatic rings. The Bertz CT molecular complexity index is 1700. The number of aromatic nitrogens is 3. The molecule has 4 N–H and O–H groups in total. The van der Waals surface area contributed by atoms with Crippen LogP contribution >= 0.6 is 0 Å². The third-order valence-corrected chi connectivity index (χ3v) is 7.03. The van der Waals surface area contributed by atoms with Crippen molar-refractivity contribution in [3.8, 4) is 34.0 Å². The highest BCUT2D eigenvalue weighted by Gasteiger charge is 2.20. The van der Waals surface area contributed by atoms with Crippen LogP contribution in [0.25, 0.3) is 28.2 Å². The Morgan fingerprint density at radius 2 is 1.64 bits per heavy atom. The number of hydrogen-bond acceptors (Lipinski definition) is 6. The summed E-state index contributed by atoms with van der Waals surface area (Å²) in [6, 6.07) is 26.6. The number of imide groups is 1. The standard InChI is InChI=1S/C34H33N5O3/c1-34(2,3)26-11-13-27(14-12-26)39-31(20-30(38-39)25-8-5-17-36-21-25)23-6-4-7-24(19-23)32(41)37-33(42)29(35)18-22-9-15-28(40)16-10-22/h4-17,19-21,29,40H,18,35H2,1-3H3,(H,37,41,42)/t29-/m0/s1. The monoisotopic (exact) mass is 559 g/mol. The third-order valence-electron chi connectivity index (χ3n) is 7.03. The van der Waals surface area contributed by atoms with Gasteiger partial charge in [-0.15, -0.1) is 0 Å². The van der Waals surface area contributed by atoms with Crippen LogP contribution in [-0.2, 0) is 16.6 Å². The Morgan fingerprint density at radius 1 is 0.929 bits per heavy atom. The zero-order chi connectivity index (χ0) is 29.9. The van der Waals surface area contributed by atoms with E-state index in [-0.39, 0.29) is 17.6 Å². The van der Waals surface area contributed by atoms with Crippen LogP contribution in [0.3, 0.4) is 0 Å². The van der Waals surface area contributed by atoms with Gasteiger partial charge in [0, 0.05) is 29.1 Å². The van der Waals surface area contributed by atoms with Gasteiger partial charge in [-0.1, -0.05) is 57.2 Å². The fourth-order valence-corrected chi connectivity index (χ4v) is 4.62. The summed E-state index contributed by atoms with van der Waals surface area (Å²) >= 11 is 0. The van der Waals surface area contributed by atoms with Crippen molar-refractivity contribution in [2.24, 2.45) is 5.73 Å². The topological polar surface area (TPSA) is 123 Å². The molecule has 0 fully saturated rings. The number of nitrogens with one attached hydrogen (secondary N) is 1. The minimum atomic E-state index is -0.929. The summed E-state index contributed by atoms with van der Waals surface area (Å²) in [4.78, 5) is 30.1. The lowest BCUT2D eigenvalue weighted by Crippen LogP contribution is -2.44. The molecule has 2 amide bonds. The minimum absolute atomic E-state index is 0.0120. The van der Waals surface area contributed by atoms with Gasteiger partial charge in [0.25, 0.3) is 5.91 Å². The van der Waals surface area contributed by atoms with Crippen molar-refractivity contribution < 1.29 is 14.7 Å². The van der Waals surface area contributed by atoms with Gasteiger partial charge in [-0.05, 0) is 77.6 Å². The summed E-state index contributed by atoms with van der Waals surface area (Å²) in [7, 11) is 0. The van der Waals surface area contributed by atoms with Crippen LogP contribution in [0.4, 0.5) is 0 Å². The Kier molecular flexibility index (Phi) is 7.99. The smallest absolute Gasteiger partial charge is 0.257 e. The number of amides is 2. The predicted molar refractivity (Wildman–Crippen MR) is 163 cm³/mol. The first-order valence-corrected chi connectivity index (χ1v) is 13.7. The quantitative estimate of drug-likeness (QED) is 0.244. The molecule has 0 unspecified atom stereocenters. The molecule has 1 atom stereocenters. The number of phenols is 1. The minimum Gasteiger partial charge on any atom is -0.508 e. The number of aromatic hydroxyl groups is 1. The molecule has 0 saturated heterocycles. The first kappa shape index (κ1) is 28.4.